The molecule has 0 aliphatic heterocycles. The maximum atomic E-state index is 10.7. The first-order valence-electron chi connectivity index (χ1n) is 3.28. The molecule has 62 valence electrons. The molecule has 0 saturated carbocycles. The molecule has 1 heterocycles. The van der Waals surface area contributed by atoms with E-state index in [4.69, 9.17) is 6.42 Å². The number of nitrogens with one attached hydrogen (secondary N) is 1. The largest absolute Gasteiger partial charge is 0.302 e. The number of terminal acetylenes is 1. The van der Waals surface area contributed by atoms with E-state index in [9.17, 15) is 4.79 Å². The van der Waals surface area contributed by atoms with E-state index in [2.05, 4.69) is 15.5 Å². The van der Waals surface area contributed by atoms with Crippen molar-refractivity contribution in [3.63, 3.8) is 0 Å². The molecule has 1 amide bonds. The van der Waals surface area contributed by atoms with Crippen molar-refractivity contribution in [3.05, 3.63) is 5.82 Å². The highest BCUT2D eigenvalue weighted by Gasteiger charge is 2.05. The first-order chi connectivity index (χ1) is 5.65. The summed E-state index contributed by atoms with van der Waals surface area (Å²) < 4.78 is 1.63. The van der Waals surface area contributed by atoms with Crippen molar-refractivity contribution in [2.45, 2.75) is 6.92 Å². The fourth-order valence-corrected chi connectivity index (χ4v) is 0.654. The van der Waals surface area contributed by atoms with E-state index in [1.807, 2.05) is 5.92 Å². The van der Waals surface area contributed by atoms with Crippen molar-refractivity contribution in [1.29, 1.82) is 0 Å². The van der Waals surface area contributed by atoms with Crippen molar-refractivity contribution in [1.82, 2.24) is 14.8 Å². The highest BCUT2D eigenvalue weighted by molar-refractivity contribution is 6.02. The molecule has 0 spiro atoms. The van der Waals surface area contributed by atoms with Gasteiger partial charge >= 0.3 is 5.91 Å². The van der Waals surface area contributed by atoms with E-state index in [1.165, 1.54) is 0 Å². The maximum Gasteiger partial charge on any atom is 0.302 e. The third kappa shape index (κ3) is 1.42. The Labute approximate surface area is 69.8 Å². The number of hydrogen-bond acceptors (Lipinski definition) is 3. The van der Waals surface area contributed by atoms with Gasteiger partial charge in [0.25, 0.3) is 0 Å². The number of rotatable bonds is 1. The molecule has 0 bridgehead atoms. The van der Waals surface area contributed by atoms with Crippen LogP contribution >= 0.6 is 0 Å². The van der Waals surface area contributed by atoms with Gasteiger partial charge in [0, 0.05) is 7.05 Å². The maximum absolute atomic E-state index is 10.7. The van der Waals surface area contributed by atoms with Crippen LogP contribution in [0.1, 0.15) is 5.82 Å². The van der Waals surface area contributed by atoms with Gasteiger partial charge in [-0.3, -0.25) is 10.1 Å². The molecular weight excluding hydrogens is 156 g/mol. The summed E-state index contributed by atoms with van der Waals surface area (Å²) in [5, 5.41) is 9.82. The van der Waals surface area contributed by atoms with Crippen LogP contribution < -0.4 is 5.32 Å². The summed E-state index contributed by atoms with van der Waals surface area (Å²) in [5.41, 5.74) is 0. The highest BCUT2D eigenvalue weighted by Crippen LogP contribution is 2.02. The normalized spacial score (nSPS) is 9.08. The van der Waals surface area contributed by atoms with E-state index in [1.54, 1.807) is 18.5 Å². The minimum atomic E-state index is -0.523. The molecule has 1 aromatic heterocycles. The summed E-state index contributed by atoms with van der Waals surface area (Å²) in [7, 11) is 1.74. The number of aromatic nitrogens is 3. The first kappa shape index (κ1) is 8.27. The van der Waals surface area contributed by atoms with Gasteiger partial charge in [0.1, 0.15) is 5.82 Å². The lowest BCUT2D eigenvalue weighted by molar-refractivity contribution is -0.111. The van der Waals surface area contributed by atoms with Crippen LogP contribution in [-0.2, 0) is 11.8 Å². The molecule has 5 nitrogen and oxygen atoms in total. The minimum Gasteiger partial charge on any atom is -0.300 e. The lowest BCUT2D eigenvalue weighted by Crippen LogP contribution is -2.12. The third-order valence-electron chi connectivity index (χ3n) is 1.45. The number of nitrogens with zero attached hydrogens (tertiary/aromatic N) is 3. The molecule has 0 atom stereocenters. The van der Waals surface area contributed by atoms with E-state index < -0.39 is 5.91 Å². The van der Waals surface area contributed by atoms with Gasteiger partial charge in [0.2, 0.25) is 5.95 Å². The van der Waals surface area contributed by atoms with Crippen molar-refractivity contribution in [2.75, 3.05) is 5.32 Å². The molecule has 1 rings (SSSR count). The number of aryl methyl sites for hydroxylation is 1. The molecule has 0 unspecified atom stereocenters. The average Bonchev–Trinajstić information content (AvgIpc) is 2.36. The Morgan fingerprint density at radius 2 is 2.33 bits per heavy atom. The summed E-state index contributed by atoms with van der Waals surface area (Å²) in [4.78, 5) is 10.7. The van der Waals surface area contributed by atoms with Crippen molar-refractivity contribution in [3.8, 4) is 12.3 Å². The smallest absolute Gasteiger partial charge is 0.300 e. The lowest BCUT2D eigenvalue weighted by atomic mass is 10.6. The van der Waals surface area contributed by atoms with Gasteiger partial charge in [-0.2, -0.15) is 0 Å². The first-order valence-corrected chi connectivity index (χ1v) is 3.28. The Balaban J connectivity index is 2.85. The summed E-state index contributed by atoms with van der Waals surface area (Å²) >= 11 is 0. The van der Waals surface area contributed by atoms with Crippen molar-refractivity contribution >= 4 is 11.9 Å². The standard InChI is InChI=1S/C7H8N4O/c1-4-6(12)8-7-10-9-5(2)11(7)3/h1H,2-3H3,(H,8,10,12). The predicted octanol–water partition coefficient (Wildman–Crippen LogP) is -0.305. The quantitative estimate of drug-likeness (QED) is 0.579. The van der Waals surface area contributed by atoms with Gasteiger partial charge in [-0.05, 0) is 12.8 Å². The summed E-state index contributed by atoms with van der Waals surface area (Å²) in [6, 6.07) is 0. The van der Waals surface area contributed by atoms with Gasteiger partial charge in [0.15, 0.2) is 0 Å². The number of anilines is 1. The highest BCUT2D eigenvalue weighted by atomic mass is 16.1. The van der Waals surface area contributed by atoms with Crippen LogP contribution in [0.2, 0.25) is 0 Å². The zero-order chi connectivity index (χ0) is 9.14. The zero-order valence-corrected chi connectivity index (χ0v) is 6.83. The molecule has 12 heavy (non-hydrogen) atoms. The Kier molecular flexibility index (Phi) is 2.10. The van der Waals surface area contributed by atoms with Crippen LogP contribution in [0, 0.1) is 19.3 Å². The van der Waals surface area contributed by atoms with Gasteiger partial charge in [-0.25, -0.2) is 0 Å². The molecule has 0 radical (unpaired) electrons. The Hall–Kier alpha value is -1.83. The van der Waals surface area contributed by atoms with Crippen LogP contribution in [0.15, 0.2) is 0 Å². The van der Waals surface area contributed by atoms with Crippen LogP contribution in [0.4, 0.5) is 5.95 Å². The second-order valence-electron chi connectivity index (χ2n) is 2.23. The Morgan fingerprint density at radius 3 is 2.75 bits per heavy atom. The van der Waals surface area contributed by atoms with Crippen molar-refractivity contribution in [2.24, 2.45) is 7.05 Å². The van der Waals surface area contributed by atoms with Crippen LogP contribution in [-0.4, -0.2) is 20.7 Å². The summed E-state index contributed by atoms with van der Waals surface area (Å²) in [6.07, 6.45) is 4.86. The second kappa shape index (κ2) is 3.05. The molecule has 1 aromatic rings. The Bertz CT molecular complexity index is 347. The van der Waals surface area contributed by atoms with Crippen LogP contribution in [0.3, 0.4) is 0 Å². The molecule has 0 aliphatic rings. The zero-order valence-electron chi connectivity index (χ0n) is 6.83. The van der Waals surface area contributed by atoms with E-state index in [0.29, 0.717) is 11.8 Å². The monoisotopic (exact) mass is 164 g/mol. The minimum absolute atomic E-state index is 0.357. The van der Waals surface area contributed by atoms with E-state index in [0.717, 1.165) is 0 Å². The van der Waals surface area contributed by atoms with Gasteiger partial charge in [-0.15, -0.1) is 16.6 Å². The fraction of sp³-hybridized carbons (Fsp3) is 0.286. The average molecular weight is 164 g/mol. The van der Waals surface area contributed by atoms with Crippen LogP contribution in [0.5, 0.6) is 0 Å². The Morgan fingerprint density at radius 1 is 1.67 bits per heavy atom. The topological polar surface area (TPSA) is 59.8 Å². The molecule has 0 saturated heterocycles. The third-order valence-corrected chi connectivity index (χ3v) is 1.45. The molecule has 0 aromatic carbocycles. The van der Waals surface area contributed by atoms with Gasteiger partial charge in [-0.1, -0.05) is 0 Å². The van der Waals surface area contributed by atoms with Crippen molar-refractivity contribution < 1.29 is 4.79 Å². The summed E-state index contributed by atoms with van der Waals surface area (Å²) in [6.45, 7) is 1.78. The molecule has 1 N–H and O–H groups in total. The predicted molar refractivity (Wildman–Crippen MR) is 43.2 cm³/mol. The number of carbonyl (C=O) groups is 1. The lowest BCUT2D eigenvalue weighted by Gasteiger charge is -1.98. The van der Waals surface area contributed by atoms with Gasteiger partial charge < -0.3 is 4.57 Å². The number of carbonyl (C=O) groups excluding carboxylic acids is 1. The molecule has 5 heteroatoms. The second-order valence-corrected chi connectivity index (χ2v) is 2.23. The molecule has 0 fully saturated rings. The molecule has 0 aliphatic carbocycles. The fourth-order valence-electron chi connectivity index (χ4n) is 0.654. The van der Waals surface area contributed by atoms with E-state index in [-0.39, 0.29) is 0 Å². The SMILES string of the molecule is C#CC(=O)Nc1nnc(C)n1C. The van der Waals surface area contributed by atoms with E-state index >= 15 is 0 Å². The van der Waals surface area contributed by atoms with Crippen LogP contribution in [0.25, 0.3) is 0 Å². The summed E-state index contributed by atoms with van der Waals surface area (Å²) in [5.74, 6) is 2.46. The number of amides is 1. The molecular formula is C7H8N4O. The number of hydrogen-bond donors (Lipinski definition) is 1. The van der Waals surface area contributed by atoms with Gasteiger partial charge in [0.05, 0.1) is 0 Å².